The number of hydrogen-bond acceptors (Lipinski definition) is 6. The van der Waals surface area contributed by atoms with Gasteiger partial charge in [0.25, 0.3) is 0 Å². The summed E-state index contributed by atoms with van der Waals surface area (Å²) in [4.78, 5) is 30.2. The molecule has 1 aromatic heterocycles. The monoisotopic (exact) mass is 477 g/mol. The van der Waals surface area contributed by atoms with Crippen molar-refractivity contribution in [3.05, 3.63) is 45.2 Å². The number of carbonyl (C=O) groups is 2. The Hall–Kier alpha value is -2.41. The van der Waals surface area contributed by atoms with Crippen molar-refractivity contribution in [3.8, 4) is 16.9 Å². The number of pyridine rings is 1. The first kappa shape index (κ1) is 23.9. The first-order chi connectivity index (χ1) is 14.3. The number of aromatic nitrogens is 1. The predicted octanol–water partition coefficient (Wildman–Crippen LogP) is 5.66. The number of rotatable bonds is 9. The van der Waals surface area contributed by atoms with Gasteiger partial charge in [-0.2, -0.15) is 0 Å². The molecule has 0 radical (unpaired) electrons. The third-order valence-electron chi connectivity index (χ3n) is 4.48. The van der Waals surface area contributed by atoms with Crippen LogP contribution >= 0.6 is 15.9 Å². The first-order valence-electron chi connectivity index (χ1n) is 10.1. The number of ether oxygens (including phenoxy) is 3. The fourth-order valence-corrected chi connectivity index (χ4v) is 3.54. The summed E-state index contributed by atoms with van der Waals surface area (Å²) in [6, 6.07) is 5.52. The van der Waals surface area contributed by atoms with Crippen LogP contribution in [0.25, 0.3) is 11.1 Å². The van der Waals surface area contributed by atoms with Crippen LogP contribution in [0.5, 0.6) is 5.75 Å². The molecule has 0 spiro atoms. The van der Waals surface area contributed by atoms with Gasteiger partial charge in [-0.3, -0.25) is 4.98 Å². The van der Waals surface area contributed by atoms with Gasteiger partial charge in [0.1, 0.15) is 5.75 Å². The van der Waals surface area contributed by atoms with Crippen LogP contribution in [-0.4, -0.2) is 36.7 Å². The quantitative estimate of drug-likeness (QED) is 0.342. The zero-order chi connectivity index (χ0) is 22.3. The zero-order valence-corrected chi connectivity index (χ0v) is 19.7. The summed E-state index contributed by atoms with van der Waals surface area (Å²) in [6.45, 7) is 9.95. The molecule has 0 atom stereocenters. The summed E-state index contributed by atoms with van der Waals surface area (Å²) < 4.78 is 17.4. The van der Waals surface area contributed by atoms with Crippen LogP contribution < -0.4 is 4.74 Å². The summed E-state index contributed by atoms with van der Waals surface area (Å²) >= 11 is 3.49. The highest BCUT2D eigenvalue weighted by Gasteiger charge is 2.29. The second-order valence-corrected chi connectivity index (χ2v) is 7.61. The van der Waals surface area contributed by atoms with E-state index in [2.05, 4.69) is 27.8 Å². The predicted molar refractivity (Wildman–Crippen MR) is 119 cm³/mol. The topological polar surface area (TPSA) is 74.7 Å². The molecule has 1 heterocycles. The highest BCUT2D eigenvalue weighted by Crippen LogP contribution is 2.39. The minimum absolute atomic E-state index is 0.207. The summed E-state index contributed by atoms with van der Waals surface area (Å²) in [6.07, 6.45) is 1.88. The number of esters is 2. The van der Waals surface area contributed by atoms with E-state index in [1.54, 1.807) is 27.7 Å². The van der Waals surface area contributed by atoms with Gasteiger partial charge in [-0.05, 0) is 52.3 Å². The van der Waals surface area contributed by atoms with Crippen LogP contribution in [-0.2, 0) is 9.47 Å². The SMILES string of the molecule is CCCCOc1ccc(Br)cc1-c1c(C(=O)OCC)c(C)nc(C)c1C(=O)OCC. The van der Waals surface area contributed by atoms with Crippen molar-refractivity contribution in [2.75, 3.05) is 19.8 Å². The molecule has 6 nitrogen and oxygen atoms in total. The van der Waals surface area contributed by atoms with Gasteiger partial charge in [-0.1, -0.05) is 29.3 Å². The standard InChI is InChI=1S/C23H28BrNO5/c1-6-9-12-30-18-11-10-16(24)13-17(18)21-19(22(26)28-7-2)14(4)25-15(5)20(21)23(27)29-8-3/h10-11,13H,6-9,12H2,1-5H3. The van der Waals surface area contributed by atoms with Crippen molar-refractivity contribution < 1.29 is 23.8 Å². The van der Waals surface area contributed by atoms with Gasteiger partial charge in [0.2, 0.25) is 0 Å². The molecule has 0 N–H and O–H groups in total. The lowest BCUT2D eigenvalue weighted by Gasteiger charge is -2.20. The molecular weight excluding hydrogens is 450 g/mol. The lowest BCUT2D eigenvalue weighted by molar-refractivity contribution is 0.0525. The average Bonchev–Trinajstić information content (AvgIpc) is 2.68. The maximum atomic E-state index is 12.9. The average molecular weight is 478 g/mol. The van der Waals surface area contributed by atoms with Gasteiger partial charge >= 0.3 is 11.9 Å². The summed E-state index contributed by atoms with van der Waals surface area (Å²) in [7, 11) is 0. The fraction of sp³-hybridized carbons (Fsp3) is 0.435. The zero-order valence-electron chi connectivity index (χ0n) is 18.1. The number of benzene rings is 1. The molecule has 0 saturated heterocycles. The summed E-state index contributed by atoms with van der Waals surface area (Å²) in [5, 5.41) is 0. The molecule has 0 aliphatic rings. The lowest BCUT2D eigenvalue weighted by Crippen LogP contribution is -2.18. The molecule has 7 heteroatoms. The van der Waals surface area contributed by atoms with Crippen LogP contribution in [0.2, 0.25) is 0 Å². The fourth-order valence-electron chi connectivity index (χ4n) is 3.18. The Balaban J connectivity index is 2.86. The molecule has 0 saturated carbocycles. The molecule has 0 aliphatic carbocycles. The van der Waals surface area contributed by atoms with E-state index in [-0.39, 0.29) is 24.3 Å². The molecule has 2 rings (SSSR count). The molecule has 2 aromatic rings. The molecule has 30 heavy (non-hydrogen) atoms. The Morgan fingerprint density at radius 3 is 2.03 bits per heavy atom. The number of nitrogens with zero attached hydrogens (tertiary/aromatic N) is 1. The van der Waals surface area contributed by atoms with E-state index in [0.29, 0.717) is 34.9 Å². The largest absolute Gasteiger partial charge is 0.493 e. The summed E-state index contributed by atoms with van der Waals surface area (Å²) in [5.41, 5.74) is 2.47. The second kappa shape index (κ2) is 11.1. The van der Waals surface area contributed by atoms with Crippen LogP contribution in [0, 0.1) is 13.8 Å². The Morgan fingerprint density at radius 1 is 0.967 bits per heavy atom. The maximum absolute atomic E-state index is 12.9. The van der Waals surface area contributed by atoms with E-state index in [4.69, 9.17) is 14.2 Å². The molecule has 0 fully saturated rings. The Kier molecular flexibility index (Phi) is 8.84. The van der Waals surface area contributed by atoms with E-state index < -0.39 is 11.9 Å². The van der Waals surface area contributed by atoms with E-state index in [1.807, 2.05) is 18.2 Å². The van der Waals surface area contributed by atoms with Crippen LogP contribution in [0.4, 0.5) is 0 Å². The van der Waals surface area contributed by atoms with Gasteiger partial charge < -0.3 is 14.2 Å². The van der Waals surface area contributed by atoms with Crippen molar-refractivity contribution >= 4 is 27.9 Å². The highest BCUT2D eigenvalue weighted by molar-refractivity contribution is 9.10. The highest BCUT2D eigenvalue weighted by atomic mass is 79.9. The van der Waals surface area contributed by atoms with Crippen LogP contribution in [0.3, 0.4) is 0 Å². The molecular formula is C23H28BrNO5. The van der Waals surface area contributed by atoms with Crippen molar-refractivity contribution in [2.24, 2.45) is 0 Å². The number of hydrogen-bond donors (Lipinski definition) is 0. The van der Waals surface area contributed by atoms with Gasteiger partial charge in [0.05, 0.1) is 42.3 Å². The first-order valence-corrected chi connectivity index (χ1v) is 10.9. The van der Waals surface area contributed by atoms with Gasteiger partial charge in [-0.15, -0.1) is 0 Å². The van der Waals surface area contributed by atoms with Crippen molar-refractivity contribution in [2.45, 2.75) is 47.5 Å². The molecule has 0 aliphatic heterocycles. The maximum Gasteiger partial charge on any atom is 0.340 e. The number of carbonyl (C=O) groups excluding carboxylic acids is 2. The minimum atomic E-state index is -0.539. The smallest absolute Gasteiger partial charge is 0.340 e. The molecule has 0 amide bonds. The van der Waals surface area contributed by atoms with Gasteiger partial charge in [0.15, 0.2) is 0 Å². The third kappa shape index (κ3) is 5.39. The number of halogens is 1. The Labute approximate surface area is 186 Å². The van der Waals surface area contributed by atoms with E-state index in [1.165, 1.54) is 0 Å². The van der Waals surface area contributed by atoms with E-state index in [0.717, 1.165) is 17.3 Å². The molecule has 162 valence electrons. The van der Waals surface area contributed by atoms with Crippen LogP contribution in [0.1, 0.15) is 65.7 Å². The Morgan fingerprint density at radius 2 is 1.53 bits per heavy atom. The Bertz CT molecular complexity index is 884. The van der Waals surface area contributed by atoms with Crippen molar-refractivity contribution in [3.63, 3.8) is 0 Å². The summed E-state index contributed by atoms with van der Waals surface area (Å²) in [5.74, 6) is -0.502. The molecule has 0 bridgehead atoms. The molecule has 0 unspecified atom stereocenters. The van der Waals surface area contributed by atoms with Crippen LogP contribution in [0.15, 0.2) is 22.7 Å². The van der Waals surface area contributed by atoms with E-state index >= 15 is 0 Å². The van der Waals surface area contributed by atoms with Crippen molar-refractivity contribution in [1.82, 2.24) is 4.98 Å². The normalized spacial score (nSPS) is 10.6. The van der Waals surface area contributed by atoms with Gasteiger partial charge in [-0.25, -0.2) is 9.59 Å². The number of unbranched alkanes of at least 4 members (excludes halogenated alkanes) is 1. The number of aryl methyl sites for hydroxylation is 2. The van der Waals surface area contributed by atoms with E-state index in [9.17, 15) is 9.59 Å². The van der Waals surface area contributed by atoms with Gasteiger partial charge in [0, 0.05) is 15.6 Å². The van der Waals surface area contributed by atoms with Crippen molar-refractivity contribution in [1.29, 1.82) is 0 Å². The molecule has 1 aromatic carbocycles. The third-order valence-corrected chi connectivity index (χ3v) is 4.98. The lowest BCUT2D eigenvalue weighted by atomic mass is 9.92. The second-order valence-electron chi connectivity index (χ2n) is 6.69. The minimum Gasteiger partial charge on any atom is -0.493 e.